The van der Waals surface area contributed by atoms with Crippen LogP contribution in [0.1, 0.15) is 144 Å². The second-order valence-electron chi connectivity index (χ2n) is 22.1. The molecule has 0 aliphatic heterocycles. The lowest BCUT2D eigenvalue weighted by Crippen LogP contribution is -2.32. The van der Waals surface area contributed by atoms with E-state index in [0.29, 0.717) is 23.7 Å². The first kappa shape index (κ1) is 34.0. The van der Waals surface area contributed by atoms with Gasteiger partial charge in [-0.2, -0.15) is 10.5 Å². The van der Waals surface area contributed by atoms with Gasteiger partial charge in [-0.25, -0.2) is 0 Å². The molecular formula is C61H45N3. The van der Waals surface area contributed by atoms with Gasteiger partial charge in [0.15, 0.2) is 0 Å². The summed E-state index contributed by atoms with van der Waals surface area (Å²) in [6.07, 6.45) is 12.5. The van der Waals surface area contributed by atoms with Crippen LogP contribution >= 0.6 is 0 Å². The van der Waals surface area contributed by atoms with Crippen molar-refractivity contribution in [1.82, 2.24) is 4.40 Å². The van der Waals surface area contributed by atoms with Crippen molar-refractivity contribution in [2.45, 2.75) is 93.3 Å². The van der Waals surface area contributed by atoms with E-state index >= 15 is 0 Å². The monoisotopic (exact) mass is 819 g/mol. The average Bonchev–Trinajstić information content (AvgIpc) is 3.83. The maximum atomic E-state index is 11.4. The Bertz CT molecular complexity index is 3710. The van der Waals surface area contributed by atoms with E-state index in [4.69, 9.17) is 0 Å². The first-order valence-corrected chi connectivity index (χ1v) is 24.6. The minimum atomic E-state index is -0.571. The van der Waals surface area contributed by atoms with Gasteiger partial charge in [-0.3, -0.25) is 0 Å². The van der Waals surface area contributed by atoms with Gasteiger partial charge in [-0.1, -0.05) is 84.9 Å². The molecule has 1 spiro atoms. The largest absolute Gasteiger partial charge is 0.308 e. The fourth-order valence-corrected chi connectivity index (χ4v) is 18.0. The summed E-state index contributed by atoms with van der Waals surface area (Å²) in [5.74, 6) is 4.74. The molecule has 10 aliphatic rings. The number of aromatic nitrogens is 1. The highest BCUT2D eigenvalue weighted by Crippen LogP contribution is 2.67. The van der Waals surface area contributed by atoms with Crippen molar-refractivity contribution in [2.75, 3.05) is 0 Å². The highest BCUT2D eigenvalue weighted by atomic mass is 14.9. The smallest absolute Gasteiger partial charge is 0.0995 e. The molecule has 0 N–H and O–H groups in total. The van der Waals surface area contributed by atoms with Gasteiger partial charge in [-0.15, -0.1) is 0 Å². The van der Waals surface area contributed by atoms with Crippen LogP contribution in [-0.2, 0) is 5.41 Å². The minimum absolute atomic E-state index is 0.431. The van der Waals surface area contributed by atoms with Gasteiger partial charge >= 0.3 is 0 Å². The molecule has 0 amide bonds. The summed E-state index contributed by atoms with van der Waals surface area (Å²) >= 11 is 0. The molecule has 304 valence electrons. The van der Waals surface area contributed by atoms with Crippen molar-refractivity contribution < 1.29 is 0 Å². The number of nitriles is 2. The van der Waals surface area contributed by atoms with E-state index in [1.54, 1.807) is 0 Å². The molecule has 2 heterocycles. The fraction of sp³-hybridized carbons (Fsp3) is 0.311. The highest BCUT2D eigenvalue weighted by Gasteiger charge is 2.53. The van der Waals surface area contributed by atoms with E-state index in [9.17, 15) is 10.5 Å². The predicted molar refractivity (Wildman–Crippen MR) is 255 cm³/mol. The molecule has 2 aromatic heterocycles. The van der Waals surface area contributed by atoms with E-state index in [1.807, 2.05) is 0 Å². The Labute approximate surface area is 372 Å². The van der Waals surface area contributed by atoms with Crippen molar-refractivity contribution in [1.29, 1.82) is 10.5 Å². The van der Waals surface area contributed by atoms with Crippen LogP contribution in [0, 0.1) is 46.3 Å². The molecule has 7 aromatic carbocycles. The quantitative estimate of drug-likeness (QED) is 0.153. The van der Waals surface area contributed by atoms with Crippen LogP contribution in [0.2, 0.25) is 0 Å². The summed E-state index contributed by atoms with van der Waals surface area (Å²) in [5, 5.41) is 30.9. The Kier molecular flexibility index (Phi) is 5.99. The standard InChI is InChI=1S/C61H45N3/c62-28-39-25-49-56(54-37-21-30-15-31(22-37)18-35(17-30)51(39)54)45-27-44-43-11-5-7-34-8-6-14-48(53(34)43)61(46-12-3-1-9-41(46)42-10-2-4-13-47(42)61)59(44)58-57-50(64(49)60(45)58)26-40(29-63)52-36-19-32-16-33(20-36)24-38(23-32)55(52)57/h1-14,25-27,30-33,35-38H,15-24H2. The number of benzene rings is 7. The number of hydrogen-bond donors (Lipinski definition) is 0. The second-order valence-corrected chi connectivity index (χ2v) is 22.1. The van der Waals surface area contributed by atoms with Gasteiger partial charge in [0.2, 0.25) is 0 Å². The van der Waals surface area contributed by atoms with E-state index < -0.39 is 5.41 Å². The Morgan fingerprint density at radius 2 is 0.922 bits per heavy atom. The maximum Gasteiger partial charge on any atom is 0.0995 e. The molecule has 4 unspecified atom stereocenters. The Morgan fingerprint density at radius 1 is 0.438 bits per heavy atom. The lowest BCUT2D eigenvalue weighted by Gasteiger charge is -2.41. The van der Waals surface area contributed by atoms with E-state index in [0.717, 1.165) is 34.8 Å². The van der Waals surface area contributed by atoms with E-state index in [2.05, 4.69) is 120 Å². The fourth-order valence-electron chi connectivity index (χ4n) is 18.0. The summed E-state index contributed by atoms with van der Waals surface area (Å²) in [5.41, 5.74) is 21.6. The topological polar surface area (TPSA) is 52.0 Å². The summed E-state index contributed by atoms with van der Waals surface area (Å²) in [6, 6.07) is 45.8. The third-order valence-corrected chi connectivity index (χ3v) is 19.4. The van der Waals surface area contributed by atoms with Gasteiger partial charge < -0.3 is 4.40 Å². The molecule has 8 bridgehead atoms. The van der Waals surface area contributed by atoms with Crippen LogP contribution < -0.4 is 0 Å². The zero-order chi connectivity index (χ0) is 41.5. The molecule has 9 aromatic rings. The first-order chi connectivity index (χ1) is 31.6. The Hall–Kier alpha value is -6.42. The average molecular weight is 820 g/mol. The maximum absolute atomic E-state index is 11.4. The summed E-state index contributed by atoms with van der Waals surface area (Å²) in [4.78, 5) is 0. The summed E-state index contributed by atoms with van der Waals surface area (Å²) in [6.45, 7) is 0. The predicted octanol–water partition coefficient (Wildman–Crippen LogP) is 14.9. The number of hydrogen-bond acceptors (Lipinski definition) is 2. The summed E-state index contributed by atoms with van der Waals surface area (Å²) < 4.78 is 2.63. The molecule has 10 aliphatic carbocycles. The highest BCUT2D eigenvalue weighted by molar-refractivity contribution is 6.29. The molecular weight excluding hydrogens is 775 g/mol. The molecule has 4 saturated carbocycles. The van der Waals surface area contributed by atoms with Crippen LogP contribution in [-0.4, -0.2) is 4.40 Å². The molecule has 3 heteroatoms. The SMILES string of the molecule is N#Cc1cc2c(c3c1C1CC4CC(C1)CC3C4)c1cc3c(c4c5c6c(c(C#N)cc5n2c14)C1CC2CC(C1)CC6C2)C1(c2ccccc2-c2ccccc21)c1cccc2cccc-3c12. The van der Waals surface area contributed by atoms with Crippen LogP contribution in [0.25, 0.3) is 71.1 Å². The van der Waals surface area contributed by atoms with Gasteiger partial charge in [0.1, 0.15) is 0 Å². The third kappa shape index (κ3) is 3.70. The molecule has 19 rings (SSSR count). The van der Waals surface area contributed by atoms with Crippen molar-refractivity contribution in [3.8, 4) is 34.4 Å². The van der Waals surface area contributed by atoms with Crippen LogP contribution in [0.5, 0.6) is 0 Å². The van der Waals surface area contributed by atoms with Crippen LogP contribution in [0.4, 0.5) is 0 Å². The molecule has 0 saturated heterocycles. The zero-order valence-corrected chi connectivity index (χ0v) is 35.8. The van der Waals surface area contributed by atoms with Crippen molar-refractivity contribution in [2.24, 2.45) is 23.7 Å². The van der Waals surface area contributed by atoms with Gasteiger partial charge in [0.25, 0.3) is 0 Å². The zero-order valence-electron chi connectivity index (χ0n) is 35.8. The van der Waals surface area contributed by atoms with E-state index in [-0.39, 0.29) is 0 Å². The number of rotatable bonds is 0. The third-order valence-electron chi connectivity index (χ3n) is 19.4. The molecule has 4 fully saturated rings. The first-order valence-electron chi connectivity index (χ1n) is 24.6. The molecule has 64 heavy (non-hydrogen) atoms. The minimum Gasteiger partial charge on any atom is -0.308 e. The lowest BCUT2D eigenvalue weighted by atomic mass is 9.60. The molecule has 0 radical (unpaired) electrons. The lowest BCUT2D eigenvalue weighted by molar-refractivity contribution is 0.166. The molecule has 4 atom stereocenters. The van der Waals surface area contributed by atoms with Crippen LogP contribution in [0.15, 0.2) is 103 Å². The molecule has 3 nitrogen and oxygen atoms in total. The van der Waals surface area contributed by atoms with Crippen molar-refractivity contribution >= 4 is 48.9 Å². The summed E-state index contributed by atoms with van der Waals surface area (Å²) in [7, 11) is 0. The Morgan fingerprint density at radius 3 is 1.50 bits per heavy atom. The van der Waals surface area contributed by atoms with Gasteiger partial charge in [-0.05, 0) is 207 Å². The number of fused-ring (bicyclic) bond motifs is 16. The van der Waals surface area contributed by atoms with Crippen molar-refractivity contribution in [3.05, 3.63) is 159 Å². The second kappa shape index (κ2) is 11.3. The van der Waals surface area contributed by atoms with Gasteiger partial charge in [0.05, 0.1) is 45.2 Å². The Balaban J connectivity index is 1.17. The number of nitrogens with zero attached hydrogens (tertiary/aromatic N) is 3. The van der Waals surface area contributed by atoms with Crippen molar-refractivity contribution in [3.63, 3.8) is 0 Å². The van der Waals surface area contributed by atoms with Crippen LogP contribution in [0.3, 0.4) is 0 Å². The normalized spacial score (nSPS) is 27.8. The van der Waals surface area contributed by atoms with E-state index in [1.165, 1.54) is 180 Å². The van der Waals surface area contributed by atoms with Gasteiger partial charge in [0, 0.05) is 21.5 Å².